The second-order valence-corrected chi connectivity index (χ2v) is 4.71. The molecule has 0 aliphatic rings. The van der Waals surface area contributed by atoms with Crippen molar-refractivity contribution < 1.29 is 0 Å². The van der Waals surface area contributed by atoms with Crippen molar-refractivity contribution in [2.75, 3.05) is 0 Å². The fraction of sp³-hybridized carbons (Fsp3) is 0.429. The number of aryl methyl sites for hydroxylation is 3. The number of pyridine rings is 1. The SMILES string of the molecule is CCc1cnccc1C(CCc1cnn(C)c1)NN. The van der Waals surface area contributed by atoms with Gasteiger partial charge in [0.2, 0.25) is 0 Å². The largest absolute Gasteiger partial charge is 0.276 e. The van der Waals surface area contributed by atoms with Gasteiger partial charge < -0.3 is 0 Å². The van der Waals surface area contributed by atoms with Crippen LogP contribution in [0, 0.1) is 0 Å². The van der Waals surface area contributed by atoms with E-state index in [1.54, 1.807) is 0 Å². The molecule has 2 heterocycles. The van der Waals surface area contributed by atoms with Crippen LogP contribution < -0.4 is 11.3 Å². The first-order valence-corrected chi connectivity index (χ1v) is 6.61. The summed E-state index contributed by atoms with van der Waals surface area (Å²) in [7, 11) is 1.93. The predicted molar refractivity (Wildman–Crippen MR) is 75.2 cm³/mol. The zero-order valence-corrected chi connectivity index (χ0v) is 11.5. The Morgan fingerprint density at radius 3 is 2.89 bits per heavy atom. The minimum atomic E-state index is 0.151. The minimum Gasteiger partial charge on any atom is -0.276 e. The molecule has 0 aliphatic carbocycles. The lowest BCUT2D eigenvalue weighted by molar-refractivity contribution is 0.512. The summed E-state index contributed by atoms with van der Waals surface area (Å²) < 4.78 is 1.82. The smallest absolute Gasteiger partial charge is 0.0521 e. The summed E-state index contributed by atoms with van der Waals surface area (Å²) in [6, 6.07) is 2.20. The summed E-state index contributed by atoms with van der Waals surface area (Å²) in [6.45, 7) is 2.13. The predicted octanol–water partition coefficient (Wildman–Crippen LogP) is 1.51. The summed E-state index contributed by atoms with van der Waals surface area (Å²) in [5.74, 6) is 5.71. The van der Waals surface area contributed by atoms with E-state index in [0.29, 0.717) is 0 Å². The molecule has 2 rings (SSSR count). The van der Waals surface area contributed by atoms with Gasteiger partial charge in [-0.3, -0.25) is 20.9 Å². The van der Waals surface area contributed by atoms with E-state index in [4.69, 9.17) is 5.84 Å². The molecule has 3 N–H and O–H groups in total. The van der Waals surface area contributed by atoms with E-state index < -0.39 is 0 Å². The van der Waals surface area contributed by atoms with Crippen LogP contribution >= 0.6 is 0 Å². The van der Waals surface area contributed by atoms with Crippen molar-refractivity contribution in [2.24, 2.45) is 12.9 Å². The topological polar surface area (TPSA) is 68.8 Å². The van der Waals surface area contributed by atoms with Crippen molar-refractivity contribution in [3.8, 4) is 0 Å². The van der Waals surface area contributed by atoms with E-state index >= 15 is 0 Å². The van der Waals surface area contributed by atoms with Crippen LogP contribution in [0.15, 0.2) is 30.9 Å². The zero-order valence-electron chi connectivity index (χ0n) is 11.5. The normalized spacial score (nSPS) is 12.6. The molecule has 5 nitrogen and oxygen atoms in total. The highest BCUT2D eigenvalue weighted by atomic mass is 15.2. The Kier molecular flexibility index (Phi) is 4.65. The number of hydrogen-bond acceptors (Lipinski definition) is 4. The first-order chi connectivity index (χ1) is 9.24. The van der Waals surface area contributed by atoms with Crippen molar-refractivity contribution in [3.05, 3.63) is 47.5 Å². The Morgan fingerprint density at radius 1 is 1.42 bits per heavy atom. The van der Waals surface area contributed by atoms with Gasteiger partial charge in [0.05, 0.1) is 6.20 Å². The average Bonchev–Trinajstić information content (AvgIpc) is 2.86. The lowest BCUT2D eigenvalue weighted by atomic mass is 9.96. The van der Waals surface area contributed by atoms with Gasteiger partial charge in [-0.2, -0.15) is 5.10 Å². The third kappa shape index (κ3) is 3.39. The summed E-state index contributed by atoms with van der Waals surface area (Å²) >= 11 is 0. The second-order valence-electron chi connectivity index (χ2n) is 4.71. The number of nitrogens with two attached hydrogens (primary N) is 1. The Balaban J connectivity index is 2.07. The molecule has 0 amide bonds. The molecule has 0 aromatic carbocycles. The van der Waals surface area contributed by atoms with E-state index in [0.717, 1.165) is 19.3 Å². The number of rotatable bonds is 6. The molecule has 0 radical (unpaired) electrons. The number of nitrogens with zero attached hydrogens (tertiary/aromatic N) is 3. The molecule has 1 atom stereocenters. The van der Waals surface area contributed by atoms with Gasteiger partial charge in [0.25, 0.3) is 0 Å². The van der Waals surface area contributed by atoms with Crippen LogP contribution in [0.25, 0.3) is 0 Å². The van der Waals surface area contributed by atoms with Gasteiger partial charge >= 0.3 is 0 Å². The van der Waals surface area contributed by atoms with E-state index in [9.17, 15) is 0 Å². The highest BCUT2D eigenvalue weighted by Gasteiger charge is 2.13. The molecule has 0 aliphatic heterocycles. The van der Waals surface area contributed by atoms with E-state index in [1.165, 1.54) is 16.7 Å². The monoisotopic (exact) mass is 259 g/mol. The molecule has 1 unspecified atom stereocenters. The highest BCUT2D eigenvalue weighted by molar-refractivity contribution is 5.27. The van der Waals surface area contributed by atoms with Crippen LogP contribution in [0.4, 0.5) is 0 Å². The standard InChI is InChI=1S/C14H21N5/c1-3-12-9-16-7-6-13(12)14(18-15)5-4-11-8-17-19(2)10-11/h6-10,14,18H,3-5,15H2,1-2H3. The van der Waals surface area contributed by atoms with Crippen molar-refractivity contribution in [1.29, 1.82) is 0 Å². The van der Waals surface area contributed by atoms with Crippen molar-refractivity contribution in [2.45, 2.75) is 32.2 Å². The highest BCUT2D eigenvalue weighted by Crippen LogP contribution is 2.21. The molecular formula is C14H21N5. The van der Waals surface area contributed by atoms with Gasteiger partial charge in [-0.1, -0.05) is 6.92 Å². The number of hydrazine groups is 1. The molecule has 0 spiro atoms. The summed E-state index contributed by atoms with van der Waals surface area (Å²) in [4.78, 5) is 4.17. The Bertz CT molecular complexity index is 520. The van der Waals surface area contributed by atoms with Gasteiger partial charge in [0, 0.05) is 31.7 Å². The molecule has 0 saturated heterocycles. The van der Waals surface area contributed by atoms with Crippen LogP contribution in [0.3, 0.4) is 0 Å². The van der Waals surface area contributed by atoms with Gasteiger partial charge in [-0.25, -0.2) is 0 Å². The number of hydrogen-bond donors (Lipinski definition) is 2. The number of aromatic nitrogens is 3. The third-order valence-electron chi connectivity index (χ3n) is 3.38. The molecule has 102 valence electrons. The maximum Gasteiger partial charge on any atom is 0.0521 e. The lowest BCUT2D eigenvalue weighted by Gasteiger charge is -2.18. The first-order valence-electron chi connectivity index (χ1n) is 6.61. The Hall–Kier alpha value is -1.72. The molecule has 0 fully saturated rings. The Labute approximate surface area is 113 Å². The summed E-state index contributed by atoms with van der Waals surface area (Å²) in [6.07, 6.45) is 10.6. The van der Waals surface area contributed by atoms with Crippen molar-refractivity contribution in [3.63, 3.8) is 0 Å². The molecule has 0 saturated carbocycles. The lowest BCUT2D eigenvalue weighted by Crippen LogP contribution is -2.29. The Morgan fingerprint density at radius 2 is 2.26 bits per heavy atom. The molecule has 0 bridgehead atoms. The first kappa shape index (κ1) is 13.7. The van der Waals surface area contributed by atoms with E-state index in [-0.39, 0.29) is 6.04 Å². The molecule has 5 heteroatoms. The molecule has 2 aromatic rings. The van der Waals surface area contributed by atoms with Crippen LogP contribution in [0.1, 0.15) is 36.1 Å². The van der Waals surface area contributed by atoms with Gasteiger partial charge in [-0.05, 0) is 42.0 Å². The van der Waals surface area contributed by atoms with Crippen molar-refractivity contribution in [1.82, 2.24) is 20.2 Å². The third-order valence-corrected chi connectivity index (χ3v) is 3.38. The van der Waals surface area contributed by atoms with Crippen LogP contribution in [-0.2, 0) is 19.9 Å². The van der Waals surface area contributed by atoms with Crippen LogP contribution in [0.5, 0.6) is 0 Å². The van der Waals surface area contributed by atoms with Crippen LogP contribution in [0.2, 0.25) is 0 Å². The fourth-order valence-corrected chi connectivity index (χ4v) is 2.31. The molecular weight excluding hydrogens is 238 g/mol. The second kappa shape index (κ2) is 6.45. The summed E-state index contributed by atoms with van der Waals surface area (Å²) in [5.41, 5.74) is 6.63. The van der Waals surface area contributed by atoms with Crippen LogP contribution in [-0.4, -0.2) is 14.8 Å². The average molecular weight is 259 g/mol. The summed E-state index contributed by atoms with van der Waals surface area (Å²) in [5, 5.41) is 4.18. The quantitative estimate of drug-likeness (QED) is 0.609. The molecule has 19 heavy (non-hydrogen) atoms. The fourth-order valence-electron chi connectivity index (χ4n) is 2.31. The van der Waals surface area contributed by atoms with Gasteiger partial charge in [-0.15, -0.1) is 0 Å². The minimum absolute atomic E-state index is 0.151. The maximum absolute atomic E-state index is 5.71. The van der Waals surface area contributed by atoms with Gasteiger partial charge in [0.1, 0.15) is 0 Å². The van der Waals surface area contributed by atoms with Crippen molar-refractivity contribution >= 4 is 0 Å². The molecule has 2 aromatic heterocycles. The van der Waals surface area contributed by atoms with E-state index in [1.807, 2.05) is 42.6 Å². The van der Waals surface area contributed by atoms with E-state index in [2.05, 4.69) is 22.4 Å². The zero-order chi connectivity index (χ0) is 13.7. The number of nitrogens with one attached hydrogen (secondary N) is 1. The maximum atomic E-state index is 5.71. The van der Waals surface area contributed by atoms with Gasteiger partial charge in [0.15, 0.2) is 0 Å².